The van der Waals surface area contributed by atoms with E-state index in [1.807, 2.05) is 19.1 Å². The first-order valence-electron chi connectivity index (χ1n) is 7.17. The highest BCUT2D eigenvalue weighted by molar-refractivity contribution is 8.01. The molecular formula is C15H20N2O3S. The first-order chi connectivity index (χ1) is 9.90. The standard InChI is InChI=1S/C15H20N2O3S/c1-10-4-5-11(20-10)8-16(3)14(19)12-9-21-15(2)7-6-13(18)17(12)15/h4-5,12H,6-9H2,1-3H3/t12-,15-/m1/s1. The summed E-state index contributed by atoms with van der Waals surface area (Å²) in [6, 6.07) is 3.43. The van der Waals surface area contributed by atoms with Gasteiger partial charge in [-0.2, -0.15) is 0 Å². The van der Waals surface area contributed by atoms with Gasteiger partial charge in [-0.25, -0.2) is 0 Å². The van der Waals surface area contributed by atoms with Gasteiger partial charge in [0.1, 0.15) is 17.6 Å². The number of likely N-dealkylation sites (N-methyl/N-ethyl adjacent to an activating group) is 1. The van der Waals surface area contributed by atoms with E-state index in [1.165, 1.54) is 0 Å². The monoisotopic (exact) mass is 308 g/mol. The fourth-order valence-corrected chi connectivity index (χ4v) is 4.56. The van der Waals surface area contributed by atoms with Crippen molar-refractivity contribution in [2.24, 2.45) is 0 Å². The van der Waals surface area contributed by atoms with Crippen molar-refractivity contribution in [2.75, 3.05) is 12.8 Å². The summed E-state index contributed by atoms with van der Waals surface area (Å²) in [7, 11) is 1.76. The van der Waals surface area contributed by atoms with Gasteiger partial charge in [-0.1, -0.05) is 0 Å². The molecule has 2 fully saturated rings. The molecule has 3 rings (SSSR count). The number of furan rings is 1. The fourth-order valence-electron chi connectivity index (χ4n) is 3.14. The zero-order valence-corrected chi connectivity index (χ0v) is 13.4. The molecule has 0 saturated carbocycles. The van der Waals surface area contributed by atoms with E-state index < -0.39 is 0 Å². The van der Waals surface area contributed by atoms with Gasteiger partial charge >= 0.3 is 0 Å². The summed E-state index contributed by atoms with van der Waals surface area (Å²) < 4.78 is 5.51. The summed E-state index contributed by atoms with van der Waals surface area (Å²) in [6.07, 6.45) is 1.38. The van der Waals surface area contributed by atoms with Gasteiger partial charge in [0.05, 0.1) is 11.4 Å². The third-order valence-electron chi connectivity index (χ3n) is 4.30. The Morgan fingerprint density at radius 3 is 3.00 bits per heavy atom. The van der Waals surface area contributed by atoms with E-state index in [9.17, 15) is 9.59 Å². The lowest BCUT2D eigenvalue weighted by atomic mass is 10.2. The lowest BCUT2D eigenvalue weighted by molar-refractivity contribution is -0.143. The zero-order chi connectivity index (χ0) is 15.2. The lowest BCUT2D eigenvalue weighted by Crippen LogP contribution is -2.50. The van der Waals surface area contributed by atoms with Crippen molar-refractivity contribution in [3.63, 3.8) is 0 Å². The highest BCUT2D eigenvalue weighted by atomic mass is 32.2. The van der Waals surface area contributed by atoms with Crippen LogP contribution in [0.5, 0.6) is 0 Å². The van der Waals surface area contributed by atoms with E-state index in [0.717, 1.165) is 17.9 Å². The van der Waals surface area contributed by atoms with Crippen molar-refractivity contribution in [1.82, 2.24) is 9.80 Å². The topological polar surface area (TPSA) is 53.8 Å². The molecular weight excluding hydrogens is 288 g/mol. The summed E-state index contributed by atoms with van der Waals surface area (Å²) in [6.45, 7) is 4.38. The number of carbonyl (C=O) groups excluding carboxylic acids is 2. The predicted molar refractivity (Wildman–Crippen MR) is 80.7 cm³/mol. The zero-order valence-electron chi connectivity index (χ0n) is 12.6. The van der Waals surface area contributed by atoms with Crippen LogP contribution in [0, 0.1) is 6.92 Å². The van der Waals surface area contributed by atoms with E-state index in [1.54, 1.807) is 28.6 Å². The molecule has 0 radical (unpaired) electrons. The highest BCUT2D eigenvalue weighted by Crippen LogP contribution is 2.47. The van der Waals surface area contributed by atoms with Crippen LogP contribution in [0.15, 0.2) is 16.5 Å². The number of carbonyl (C=O) groups is 2. The average molecular weight is 308 g/mol. The first kappa shape index (κ1) is 14.5. The van der Waals surface area contributed by atoms with Gasteiger partial charge in [-0.15, -0.1) is 11.8 Å². The molecule has 0 N–H and O–H groups in total. The molecule has 6 heteroatoms. The number of hydrogen-bond acceptors (Lipinski definition) is 4. The number of rotatable bonds is 3. The largest absolute Gasteiger partial charge is 0.464 e. The predicted octanol–water partition coefficient (Wildman–Crippen LogP) is 2.00. The van der Waals surface area contributed by atoms with Crippen molar-refractivity contribution in [2.45, 2.75) is 44.1 Å². The minimum atomic E-state index is -0.337. The third kappa shape index (κ3) is 2.46. The molecule has 0 aromatic carbocycles. The van der Waals surface area contributed by atoms with Crippen LogP contribution < -0.4 is 0 Å². The molecule has 114 valence electrons. The van der Waals surface area contributed by atoms with Crippen molar-refractivity contribution in [1.29, 1.82) is 0 Å². The minimum Gasteiger partial charge on any atom is -0.464 e. The maximum atomic E-state index is 12.7. The smallest absolute Gasteiger partial charge is 0.246 e. The fraction of sp³-hybridized carbons (Fsp3) is 0.600. The van der Waals surface area contributed by atoms with Gasteiger partial charge in [0.15, 0.2) is 0 Å². The van der Waals surface area contributed by atoms with Gasteiger partial charge in [0.25, 0.3) is 0 Å². The van der Waals surface area contributed by atoms with Crippen LogP contribution in [0.3, 0.4) is 0 Å². The number of fused-ring (bicyclic) bond motifs is 1. The summed E-state index contributed by atoms with van der Waals surface area (Å²) >= 11 is 1.72. The van der Waals surface area contributed by atoms with Gasteiger partial charge in [0, 0.05) is 19.2 Å². The Kier molecular flexibility index (Phi) is 3.51. The number of aryl methyl sites for hydroxylation is 1. The number of thioether (sulfide) groups is 1. The molecule has 0 spiro atoms. The van der Waals surface area contributed by atoms with Crippen LogP contribution in [-0.2, 0) is 16.1 Å². The molecule has 0 aliphatic carbocycles. The Bertz CT molecular complexity index is 585. The molecule has 5 nitrogen and oxygen atoms in total. The Morgan fingerprint density at radius 2 is 2.33 bits per heavy atom. The van der Waals surface area contributed by atoms with Crippen molar-refractivity contribution in [3.05, 3.63) is 23.7 Å². The van der Waals surface area contributed by atoms with E-state index >= 15 is 0 Å². The molecule has 2 aliphatic heterocycles. The first-order valence-corrected chi connectivity index (χ1v) is 8.16. The van der Waals surface area contributed by atoms with Crippen molar-refractivity contribution >= 4 is 23.6 Å². The molecule has 3 heterocycles. The normalized spacial score (nSPS) is 28.0. The van der Waals surface area contributed by atoms with Crippen LogP contribution in [0.25, 0.3) is 0 Å². The van der Waals surface area contributed by atoms with E-state index in [2.05, 4.69) is 6.92 Å². The van der Waals surface area contributed by atoms with Crippen LogP contribution in [0.2, 0.25) is 0 Å². The third-order valence-corrected chi connectivity index (χ3v) is 5.80. The maximum Gasteiger partial charge on any atom is 0.246 e. The molecule has 2 saturated heterocycles. The number of amides is 2. The molecule has 2 amide bonds. The van der Waals surface area contributed by atoms with E-state index in [-0.39, 0.29) is 22.7 Å². The summed E-state index contributed by atoms with van der Waals surface area (Å²) in [5.41, 5.74) is 0. The van der Waals surface area contributed by atoms with Gasteiger partial charge < -0.3 is 14.2 Å². The molecule has 2 aliphatic rings. The molecule has 1 aromatic rings. The maximum absolute atomic E-state index is 12.7. The molecule has 0 unspecified atom stereocenters. The van der Waals surface area contributed by atoms with Crippen LogP contribution >= 0.6 is 11.8 Å². The second kappa shape index (κ2) is 5.09. The Balaban J connectivity index is 1.71. The number of hydrogen-bond donors (Lipinski definition) is 0. The van der Waals surface area contributed by atoms with Gasteiger partial charge in [0.2, 0.25) is 11.8 Å². The number of nitrogens with zero attached hydrogens (tertiary/aromatic N) is 2. The quantitative estimate of drug-likeness (QED) is 0.857. The van der Waals surface area contributed by atoms with E-state index in [4.69, 9.17) is 4.42 Å². The Labute approximate surface area is 128 Å². The SMILES string of the molecule is Cc1ccc(CN(C)C(=O)[C@H]2CS[C@]3(C)CCC(=O)N23)o1. The van der Waals surface area contributed by atoms with Crippen LogP contribution in [-0.4, -0.2) is 45.3 Å². The Morgan fingerprint density at radius 1 is 1.57 bits per heavy atom. The summed E-state index contributed by atoms with van der Waals surface area (Å²) in [5, 5.41) is 0. The van der Waals surface area contributed by atoms with Gasteiger partial charge in [-0.05, 0) is 32.4 Å². The van der Waals surface area contributed by atoms with Crippen molar-refractivity contribution < 1.29 is 14.0 Å². The summed E-state index contributed by atoms with van der Waals surface area (Å²) in [5.74, 6) is 2.38. The molecule has 21 heavy (non-hydrogen) atoms. The van der Waals surface area contributed by atoms with Gasteiger partial charge in [-0.3, -0.25) is 9.59 Å². The van der Waals surface area contributed by atoms with Crippen LogP contribution in [0.4, 0.5) is 0 Å². The summed E-state index contributed by atoms with van der Waals surface area (Å²) in [4.78, 5) is 28.0. The highest BCUT2D eigenvalue weighted by Gasteiger charge is 2.53. The van der Waals surface area contributed by atoms with Crippen molar-refractivity contribution in [3.8, 4) is 0 Å². The van der Waals surface area contributed by atoms with Crippen LogP contribution in [0.1, 0.15) is 31.3 Å². The molecule has 2 atom stereocenters. The second-order valence-electron chi connectivity index (χ2n) is 5.97. The van der Waals surface area contributed by atoms with E-state index in [0.29, 0.717) is 18.7 Å². The second-order valence-corrected chi connectivity index (χ2v) is 7.47. The average Bonchev–Trinajstić information content (AvgIpc) is 3.06. The Hall–Kier alpha value is -1.43. The lowest BCUT2D eigenvalue weighted by Gasteiger charge is -2.31. The minimum absolute atomic E-state index is 0.00414. The molecule has 0 bridgehead atoms. The molecule has 1 aromatic heterocycles.